The number of hydrogen-bond donors (Lipinski definition) is 0. The maximum atomic E-state index is 13.6. The van der Waals surface area contributed by atoms with E-state index in [4.69, 9.17) is 9.57 Å². The Bertz CT molecular complexity index is 1160. The molecule has 3 aromatic rings. The molecule has 9 heteroatoms. The number of hydroxylamine groups is 2. The maximum absolute atomic E-state index is 13.6. The van der Waals surface area contributed by atoms with Gasteiger partial charge in [-0.25, -0.2) is 9.97 Å². The Hall–Kier alpha value is -3.14. The van der Waals surface area contributed by atoms with Gasteiger partial charge >= 0.3 is 0 Å². The average molecular weight is 478 g/mol. The number of nitrogens with zero attached hydrogens (tertiary/aromatic N) is 5. The van der Waals surface area contributed by atoms with Crippen LogP contribution in [0.5, 0.6) is 5.75 Å². The molecule has 1 amide bonds. The van der Waals surface area contributed by atoms with Gasteiger partial charge < -0.3 is 14.5 Å². The fourth-order valence-corrected chi connectivity index (χ4v) is 5.38. The Morgan fingerprint density at radius 2 is 1.85 bits per heavy atom. The van der Waals surface area contributed by atoms with Crippen molar-refractivity contribution in [2.75, 3.05) is 44.2 Å². The monoisotopic (exact) mass is 477 g/mol. The number of hydrogen-bond acceptors (Lipinski definition) is 8. The molecule has 3 heterocycles. The van der Waals surface area contributed by atoms with E-state index in [-0.39, 0.29) is 17.9 Å². The Kier molecular flexibility index (Phi) is 6.40. The van der Waals surface area contributed by atoms with Crippen molar-refractivity contribution < 1.29 is 14.4 Å². The molecule has 0 N–H and O–H groups in total. The Labute approximate surface area is 203 Å². The standard InChI is InChI=1S/C25H27N5O3S/c1-28-22-23(26-16-27-24(22)34-19-11-9-18(32-3)10-12-19)30(13-17-7-5-4-6-8-17)14-21-20(25(28)31)15-33-29(21)2/h4-12,16,20-21H,13-15H2,1-3H3/t20-,21-/m0/s1. The molecule has 0 radical (unpaired) electrons. The van der Waals surface area contributed by atoms with Gasteiger partial charge in [0, 0.05) is 32.1 Å². The third-order valence-electron chi connectivity index (χ3n) is 6.34. The molecule has 2 aromatic carbocycles. The zero-order chi connectivity index (χ0) is 23.7. The molecule has 2 atom stereocenters. The highest BCUT2D eigenvalue weighted by Gasteiger charge is 2.44. The van der Waals surface area contributed by atoms with E-state index in [0.717, 1.165) is 27.2 Å². The van der Waals surface area contributed by atoms with Gasteiger partial charge in [-0.3, -0.25) is 9.63 Å². The number of carbonyl (C=O) groups excluding carboxylic acids is 1. The van der Waals surface area contributed by atoms with E-state index in [1.54, 1.807) is 18.3 Å². The third-order valence-corrected chi connectivity index (χ3v) is 7.34. The normalized spacial score (nSPS) is 20.5. The highest BCUT2D eigenvalue weighted by molar-refractivity contribution is 7.99. The van der Waals surface area contributed by atoms with Crippen LogP contribution in [0.3, 0.4) is 0 Å². The molecular formula is C25H27N5O3S. The van der Waals surface area contributed by atoms with Crippen molar-refractivity contribution in [1.29, 1.82) is 0 Å². The summed E-state index contributed by atoms with van der Waals surface area (Å²) in [7, 11) is 5.35. The first kappa shape index (κ1) is 22.6. The van der Waals surface area contributed by atoms with Gasteiger partial charge in [0.2, 0.25) is 5.91 Å². The minimum absolute atomic E-state index is 0.0151. The van der Waals surface area contributed by atoms with E-state index in [0.29, 0.717) is 19.7 Å². The van der Waals surface area contributed by atoms with Crippen LogP contribution in [-0.4, -0.2) is 61.3 Å². The number of likely N-dealkylation sites (N-methyl/N-ethyl adjacent to an activating group) is 1. The second-order valence-electron chi connectivity index (χ2n) is 8.41. The predicted molar refractivity (Wildman–Crippen MR) is 131 cm³/mol. The molecule has 1 fully saturated rings. The van der Waals surface area contributed by atoms with Gasteiger partial charge in [-0.05, 0) is 29.8 Å². The van der Waals surface area contributed by atoms with Gasteiger partial charge in [-0.1, -0.05) is 42.1 Å². The first-order chi connectivity index (χ1) is 16.5. The quantitative estimate of drug-likeness (QED) is 0.518. The lowest BCUT2D eigenvalue weighted by Gasteiger charge is -2.37. The van der Waals surface area contributed by atoms with Gasteiger partial charge in [-0.2, -0.15) is 5.06 Å². The van der Waals surface area contributed by atoms with Gasteiger partial charge in [-0.15, -0.1) is 0 Å². The summed E-state index contributed by atoms with van der Waals surface area (Å²) in [6.07, 6.45) is 1.58. The second kappa shape index (κ2) is 9.61. The first-order valence-electron chi connectivity index (χ1n) is 11.1. The average Bonchev–Trinajstić information content (AvgIpc) is 3.22. The zero-order valence-corrected chi connectivity index (χ0v) is 20.2. The van der Waals surface area contributed by atoms with Crippen molar-refractivity contribution in [3.05, 3.63) is 66.5 Å². The molecule has 2 aliphatic heterocycles. The summed E-state index contributed by atoms with van der Waals surface area (Å²) in [4.78, 5) is 33.5. The highest BCUT2D eigenvalue weighted by Crippen LogP contribution is 2.42. The van der Waals surface area contributed by atoms with Crippen molar-refractivity contribution in [3.8, 4) is 5.75 Å². The molecule has 0 unspecified atom stereocenters. The molecule has 0 bridgehead atoms. The van der Waals surface area contributed by atoms with Crippen LogP contribution < -0.4 is 14.5 Å². The number of aromatic nitrogens is 2. The highest BCUT2D eigenvalue weighted by atomic mass is 32.2. The number of rotatable bonds is 5. The van der Waals surface area contributed by atoms with Crippen LogP contribution in [0.25, 0.3) is 0 Å². The van der Waals surface area contributed by atoms with Crippen LogP contribution in [0, 0.1) is 5.92 Å². The topological polar surface area (TPSA) is 71.0 Å². The molecule has 0 aliphatic carbocycles. The van der Waals surface area contributed by atoms with Crippen LogP contribution >= 0.6 is 11.8 Å². The van der Waals surface area contributed by atoms with E-state index >= 15 is 0 Å². The molecule has 5 rings (SSSR count). The fourth-order valence-electron chi connectivity index (χ4n) is 4.46. The summed E-state index contributed by atoms with van der Waals surface area (Å²) in [5.41, 5.74) is 1.89. The van der Waals surface area contributed by atoms with Crippen LogP contribution in [0.4, 0.5) is 11.5 Å². The van der Waals surface area contributed by atoms with Crippen molar-refractivity contribution in [2.45, 2.75) is 22.5 Å². The molecule has 1 aromatic heterocycles. The Morgan fingerprint density at radius 1 is 1.09 bits per heavy atom. The van der Waals surface area contributed by atoms with Crippen LogP contribution in [-0.2, 0) is 16.2 Å². The summed E-state index contributed by atoms with van der Waals surface area (Å²) < 4.78 is 5.28. The van der Waals surface area contributed by atoms with Crippen molar-refractivity contribution in [2.24, 2.45) is 5.92 Å². The number of carbonyl (C=O) groups is 1. The molecule has 8 nitrogen and oxygen atoms in total. The van der Waals surface area contributed by atoms with Gasteiger partial charge in [0.15, 0.2) is 5.82 Å². The van der Waals surface area contributed by atoms with Crippen LogP contribution in [0.15, 0.2) is 70.8 Å². The SMILES string of the molecule is COc1ccc(Sc2ncnc3c2N(C)C(=O)[C@H]2CON(C)[C@H]2CN3Cc2ccccc2)cc1. The number of ether oxygens (including phenoxy) is 1. The Balaban J connectivity index is 1.58. The molecule has 0 spiro atoms. The van der Waals surface area contributed by atoms with Crippen molar-refractivity contribution in [1.82, 2.24) is 15.0 Å². The summed E-state index contributed by atoms with van der Waals surface area (Å²) >= 11 is 1.51. The number of methoxy groups -OCH3 is 1. The van der Waals surface area contributed by atoms with Crippen LogP contribution in [0.2, 0.25) is 0 Å². The smallest absolute Gasteiger partial charge is 0.234 e. The van der Waals surface area contributed by atoms with Gasteiger partial charge in [0.05, 0.1) is 25.7 Å². The molecule has 1 saturated heterocycles. The first-order valence-corrected chi connectivity index (χ1v) is 12.0. The van der Waals surface area contributed by atoms with Crippen LogP contribution in [0.1, 0.15) is 5.56 Å². The van der Waals surface area contributed by atoms with E-state index in [2.05, 4.69) is 27.0 Å². The van der Waals surface area contributed by atoms with E-state index in [1.165, 1.54) is 17.3 Å². The molecular weight excluding hydrogens is 450 g/mol. The largest absolute Gasteiger partial charge is 0.497 e. The second-order valence-corrected chi connectivity index (χ2v) is 9.47. The molecule has 34 heavy (non-hydrogen) atoms. The summed E-state index contributed by atoms with van der Waals surface area (Å²) in [6.45, 7) is 1.65. The lowest BCUT2D eigenvalue weighted by Crippen LogP contribution is -2.49. The molecule has 176 valence electrons. The summed E-state index contributed by atoms with van der Waals surface area (Å²) in [5, 5.41) is 2.54. The zero-order valence-electron chi connectivity index (χ0n) is 19.4. The van der Waals surface area contributed by atoms with E-state index in [1.807, 2.05) is 61.6 Å². The predicted octanol–water partition coefficient (Wildman–Crippen LogP) is 3.48. The minimum Gasteiger partial charge on any atom is -0.497 e. The Morgan fingerprint density at radius 3 is 2.59 bits per heavy atom. The number of amides is 1. The van der Waals surface area contributed by atoms with E-state index < -0.39 is 0 Å². The lowest BCUT2D eigenvalue weighted by molar-refractivity contribution is -0.122. The third kappa shape index (κ3) is 4.34. The van der Waals surface area contributed by atoms with E-state index in [9.17, 15) is 4.79 Å². The number of fused-ring (bicyclic) bond motifs is 2. The van der Waals surface area contributed by atoms with Crippen molar-refractivity contribution in [3.63, 3.8) is 0 Å². The fraction of sp³-hybridized carbons (Fsp3) is 0.320. The minimum atomic E-state index is -0.263. The number of benzene rings is 2. The lowest BCUT2D eigenvalue weighted by atomic mass is 9.97. The van der Waals surface area contributed by atoms with Gasteiger partial charge in [0.25, 0.3) is 0 Å². The summed E-state index contributed by atoms with van der Waals surface area (Å²) in [5.74, 6) is 1.28. The van der Waals surface area contributed by atoms with Gasteiger partial charge in [0.1, 0.15) is 22.8 Å². The number of anilines is 2. The maximum Gasteiger partial charge on any atom is 0.234 e. The molecule has 2 aliphatic rings. The van der Waals surface area contributed by atoms with Crippen molar-refractivity contribution >= 4 is 29.2 Å². The molecule has 0 saturated carbocycles. The summed E-state index contributed by atoms with van der Waals surface area (Å²) in [6, 6.07) is 18.0.